The molecule has 2 aromatic carbocycles. The molecule has 1 fully saturated rings. The minimum absolute atomic E-state index is 0.0215. The Balaban J connectivity index is 1.71. The molecule has 2 aliphatic rings. The SMILES string of the molecule is C=Cc1ccc([C@]2(CN3Cc4cc(O)ccc4C3=O)NC(=O)NC2=O)cc1. The molecule has 136 valence electrons. The average Bonchev–Trinajstić information content (AvgIpc) is 3.11. The van der Waals surface area contributed by atoms with Gasteiger partial charge >= 0.3 is 6.03 Å². The Morgan fingerprint density at radius 2 is 1.89 bits per heavy atom. The van der Waals surface area contributed by atoms with Crippen molar-refractivity contribution in [1.82, 2.24) is 15.5 Å². The second-order valence-electron chi connectivity index (χ2n) is 6.64. The highest BCUT2D eigenvalue weighted by atomic mass is 16.3. The van der Waals surface area contributed by atoms with Crippen molar-refractivity contribution in [2.45, 2.75) is 12.1 Å². The molecule has 0 unspecified atom stereocenters. The van der Waals surface area contributed by atoms with E-state index < -0.39 is 17.5 Å². The molecule has 0 spiro atoms. The van der Waals surface area contributed by atoms with Crippen molar-refractivity contribution in [2.24, 2.45) is 0 Å². The van der Waals surface area contributed by atoms with E-state index in [2.05, 4.69) is 17.2 Å². The van der Waals surface area contributed by atoms with Crippen LogP contribution in [0.1, 0.15) is 27.0 Å². The van der Waals surface area contributed by atoms with E-state index in [9.17, 15) is 19.5 Å². The lowest BCUT2D eigenvalue weighted by atomic mass is 9.88. The maximum absolute atomic E-state index is 12.7. The topological polar surface area (TPSA) is 98.7 Å². The fourth-order valence-electron chi connectivity index (χ4n) is 3.58. The molecule has 4 amide bonds. The summed E-state index contributed by atoms with van der Waals surface area (Å²) in [4.78, 5) is 38.8. The number of amides is 4. The standard InChI is InChI=1S/C20H17N3O4/c1-2-12-3-5-14(6-4-12)20(18(26)21-19(27)22-20)11-23-10-13-9-15(24)7-8-16(13)17(23)25/h2-9,24H,1,10-11H2,(H2,21,22,26,27)/t20-/m0/s1. The van der Waals surface area contributed by atoms with Gasteiger partial charge in [-0.1, -0.05) is 36.9 Å². The van der Waals surface area contributed by atoms with Crippen molar-refractivity contribution in [3.63, 3.8) is 0 Å². The van der Waals surface area contributed by atoms with Crippen LogP contribution in [0.2, 0.25) is 0 Å². The number of nitrogens with zero attached hydrogens (tertiary/aromatic N) is 1. The summed E-state index contributed by atoms with van der Waals surface area (Å²) in [5.41, 5.74) is 1.23. The lowest BCUT2D eigenvalue weighted by molar-refractivity contribution is -0.124. The van der Waals surface area contributed by atoms with Gasteiger partial charge in [0.05, 0.1) is 6.54 Å². The third-order valence-corrected chi connectivity index (χ3v) is 4.98. The van der Waals surface area contributed by atoms with Crippen LogP contribution in [0, 0.1) is 0 Å². The van der Waals surface area contributed by atoms with Crippen LogP contribution in [0.15, 0.2) is 49.0 Å². The van der Waals surface area contributed by atoms with Crippen LogP contribution in [0.25, 0.3) is 6.08 Å². The molecule has 0 aromatic heterocycles. The number of benzene rings is 2. The van der Waals surface area contributed by atoms with Crippen LogP contribution >= 0.6 is 0 Å². The van der Waals surface area contributed by atoms with E-state index in [1.165, 1.54) is 17.0 Å². The molecule has 0 bridgehead atoms. The van der Waals surface area contributed by atoms with Crippen LogP contribution in [0.4, 0.5) is 4.79 Å². The summed E-state index contributed by atoms with van der Waals surface area (Å²) >= 11 is 0. The third kappa shape index (κ3) is 2.64. The molecule has 0 radical (unpaired) electrons. The summed E-state index contributed by atoms with van der Waals surface area (Å²) < 4.78 is 0. The number of carbonyl (C=O) groups excluding carboxylic acids is 3. The van der Waals surface area contributed by atoms with Gasteiger partial charge in [0.25, 0.3) is 11.8 Å². The number of phenolic OH excluding ortho intramolecular Hbond substituents is 1. The zero-order valence-electron chi connectivity index (χ0n) is 14.4. The molecule has 1 atom stereocenters. The number of phenols is 1. The summed E-state index contributed by atoms with van der Waals surface area (Å²) in [7, 11) is 0. The predicted molar refractivity (Wildman–Crippen MR) is 97.7 cm³/mol. The molecule has 2 heterocycles. The zero-order valence-corrected chi connectivity index (χ0v) is 14.4. The highest BCUT2D eigenvalue weighted by molar-refractivity contribution is 6.08. The molecule has 2 aromatic rings. The van der Waals surface area contributed by atoms with Crippen molar-refractivity contribution in [3.8, 4) is 5.75 Å². The first-order valence-electron chi connectivity index (χ1n) is 8.41. The summed E-state index contributed by atoms with van der Waals surface area (Å²) in [6.07, 6.45) is 1.68. The second-order valence-corrected chi connectivity index (χ2v) is 6.64. The maximum atomic E-state index is 12.7. The fraction of sp³-hybridized carbons (Fsp3) is 0.150. The Morgan fingerprint density at radius 1 is 1.15 bits per heavy atom. The Labute approximate surface area is 155 Å². The van der Waals surface area contributed by atoms with E-state index in [0.717, 1.165) is 5.56 Å². The summed E-state index contributed by atoms with van der Waals surface area (Å²) in [5, 5.41) is 14.6. The zero-order chi connectivity index (χ0) is 19.2. The Morgan fingerprint density at radius 3 is 2.52 bits per heavy atom. The molecule has 3 N–H and O–H groups in total. The summed E-state index contributed by atoms with van der Waals surface area (Å²) in [6.45, 7) is 3.93. The molecule has 0 aliphatic carbocycles. The number of rotatable bonds is 4. The molecule has 4 rings (SSSR count). The first kappa shape index (κ1) is 16.8. The number of fused-ring (bicyclic) bond motifs is 1. The number of nitrogens with one attached hydrogen (secondary N) is 2. The van der Waals surface area contributed by atoms with Gasteiger partial charge in [0, 0.05) is 12.1 Å². The average molecular weight is 363 g/mol. The van der Waals surface area contributed by atoms with E-state index >= 15 is 0 Å². The van der Waals surface area contributed by atoms with E-state index in [-0.39, 0.29) is 24.7 Å². The van der Waals surface area contributed by atoms with Gasteiger partial charge in [-0.25, -0.2) is 4.79 Å². The monoisotopic (exact) mass is 363 g/mol. The molecule has 1 saturated heterocycles. The minimum Gasteiger partial charge on any atom is -0.508 e. The number of hydrogen-bond acceptors (Lipinski definition) is 4. The van der Waals surface area contributed by atoms with Crippen LogP contribution in [-0.2, 0) is 16.9 Å². The van der Waals surface area contributed by atoms with Gasteiger partial charge in [-0.15, -0.1) is 0 Å². The van der Waals surface area contributed by atoms with Crippen LogP contribution in [0.3, 0.4) is 0 Å². The number of imide groups is 1. The summed E-state index contributed by atoms with van der Waals surface area (Å²) in [5.74, 6) is -0.684. The van der Waals surface area contributed by atoms with Crippen LogP contribution in [0.5, 0.6) is 5.75 Å². The van der Waals surface area contributed by atoms with E-state index in [1.54, 1.807) is 36.4 Å². The highest BCUT2D eigenvalue weighted by Crippen LogP contribution is 2.32. The first-order chi connectivity index (χ1) is 12.9. The third-order valence-electron chi connectivity index (χ3n) is 4.98. The van der Waals surface area contributed by atoms with Gasteiger partial charge in [-0.3, -0.25) is 14.9 Å². The first-order valence-corrected chi connectivity index (χ1v) is 8.41. The van der Waals surface area contributed by atoms with Crippen molar-refractivity contribution in [1.29, 1.82) is 0 Å². The van der Waals surface area contributed by atoms with E-state index in [1.807, 2.05) is 0 Å². The van der Waals surface area contributed by atoms with Crippen molar-refractivity contribution in [3.05, 3.63) is 71.3 Å². The second kappa shape index (κ2) is 5.98. The minimum atomic E-state index is -1.38. The Hall–Kier alpha value is -3.61. The normalized spacial score (nSPS) is 21.0. The van der Waals surface area contributed by atoms with E-state index in [0.29, 0.717) is 16.7 Å². The molecule has 7 nitrogen and oxygen atoms in total. The smallest absolute Gasteiger partial charge is 0.322 e. The van der Waals surface area contributed by atoms with Gasteiger partial charge in [-0.05, 0) is 34.9 Å². The maximum Gasteiger partial charge on any atom is 0.322 e. The van der Waals surface area contributed by atoms with Crippen molar-refractivity contribution in [2.75, 3.05) is 6.54 Å². The lowest BCUT2D eigenvalue weighted by Gasteiger charge is -2.31. The lowest BCUT2D eigenvalue weighted by Crippen LogP contribution is -2.52. The van der Waals surface area contributed by atoms with Crippen molar-refractivity contribution < 1.29 is 19.5 Å². The van der Waals surface area contributed by atoms with Crippen LogP contribution in [-0.4, -0.2) is 34.4 Å². The highest BCUT2D eigenvalue weighted by Gasteiger charge is 2.50. The molecule has 27 heavy (non-hydrogen) atoms. The van der Waals surface area contributed by atoms with Gasteiger partial charge in [-0.2, -0.15) is 0 Å². The Kier molecular flexibility index (Phi) is 3.73. The predicted octanol–water partition coefficient (Wildman–Crippen LogP) is 1.73. The number of hydrogen-bond donors (Lipinski definition) is 3. The molecule has 2 aliphatic heterocycles. The van der Waals surface area contributed by atoms with Gasteiger partial charge in [0.1, 0.15) is 5.75 Å². The van der Waals surface area contributed by atoms with Gasteiger partial charge in [0.15, 0.2) is 5.54 Å². The number of aromatic hydroxyl groups is 1. The van der Waals surface area contributed by atoms with E-state index in [4.69, 9.17) is 0 Å². The van der Waals surface area contributed by atoms with Crippen LogP contribution < -0.4 is 10.6 Å². The van der Waals surface area contributed by atoms with Gasteiger partial charge < -0.3 is 15.3 Å². The fourth-order valence-corrected chi connectivity index (χ4v) is 3.58. The molecule has 0 saturated carbocycles. The Bertz CT molecular complexity index is 983. The quantitative estimate of drug-likeness (QED) is 0.721. The number of carbonyl (C=O) groups is 3. The van der Waals surface area contributed by atoms with Crippen molar-refractivity contribution >= 4 is 23.9 Å². The van der Waals surface area contributed by atoms with Gasteiger partial charge in [0.2, 0.25) is 0 Å². The molecular weight excluding hydrogens is 346 g/mol. The molecular formula is C20H17N3O4. The largest absolute Gasteiger partial charge is 0.508 e. The summed E-state index contributed by atoms with van der Waals surface area (Å²) in [6, 6.07) is 11.0. The molecule has 7 heteroatoms. The number of urea groups is 1.